The summed E-state index contributed by atoms with van der Waals surface area (Å²) >= 11 is 0. The Morgan fingerprint density at radius 1 is 1.50 bits per heavy atom. The highest BCUT2D eigenvalue weighted by Crippen LogP contribution is 2.20. The molecular formula is C8H15NO. The lowest BCUT2D eigenvalue weighted by Crippen LogP contribution is -2.38. The molecule has 58 valence electrons. The fraction of sp³-hybridized carbons (Fsp3) is 0.750. The van der Waals surface area contributed by atoms with Gasteiger partial charge in [-0.1, -0.05) is 0 Å². The van der Waals surface area contributed by atoms with Gasteiger partial charge in [-0.25, -0.2) is 0 Å². The highest BCUT2D eigenvalue weighted by Gasteiger charge is 2.25. The van der Waals surface area contributed by atoms with Crippen LogP contribution in [-0.4, -0.2) is 17.1 Å². The Morgan fingerprint density at radius 2 is 2.10 bits per heavy atom. The molecule has 0 radical (unpaired) electrons. The Morgan fingerprint density at radius 3 is 2.30 bits per heavy atom. The molecule has 0 aromatic rings. The number of nitrogens with zero attached hydrogens (tertiary/aromatic N) is 1. The van der Waals surface area contributed by atoms with Crippen molar-refractivity contribution in [3.05, 3.63) is 11.8 Å². The molecule has 1 aliphatic heterocycles. The van der Waals surface area contributed by atoms with Crippen LogP contribution in [0.4, 0.5) is 0 Å². The zero-order valence-electron chi connectivity index (χ0n) is 7.14. The molecule has 0 aliphatic carbocycles. The SMILES string of the molecule is CC1=CCN(C(C)(C)C)O1. The summed E-state index contributed by atoms with van der Waals surface area (Å²) in [4.78, 5) is 5.42. The van der Waals surface area contributed by atoms with Crippen LogP contribution in [0.1, 0.15) is 27.7 Å². The summed E-state index contributed by atoms with van der Waals surface area (Å²) in [7, 11) is 0. The predicted molar refractivity (Wildman–Crippen MR) is 41.3 cm³/mol. The van der Waals surface area contributed by atoms with E-state index in [1.165, 1.54) is 0 Å². The monoisotopic (exact) mass is 141 g/mol. The molecule has 0 bridgehead atoms. The van der Waals surface area contributed by atoms with Crippen molar-refractivity contribution in [2.75, 3.05) is 6.54 Å². The van der Waals surface area contributed by atoms with E-state index < -0.39 is 0 Å². The van der Waals surface area contributed by atoms with Gasteiger partial charge in [0.15, 0.2) is 0 Å². The Bertz CT molecular complexity index is 155. The molecule has 10 heavy (non-hydrogen) atoms. The maximum Gasteiger partial charge on any atom is 0.118 e. The molecule has 0 saturated carbocycles. The van der Waals surface area contributed by atoms with Gasteiger partial charge in [0.1, 0.15) is 5.76 Å². The Balaban J connectivity index is 2.50. The van der Waals surface area contributed by atoms with Crippen molar-refractivity contribution in [2.45, 2.75) is 33.2 Å². The molecule has 0 atom stereocenters. The van der Waals surface area contributed by atoms with Gasteiger partial charge in [0, 0.05) is 5.54 Å². The lowest BCUT2D eigenvalue weighted by molar-refractivity contribution is -0.151. The quantitative estimate of drug-likeness (QED) is 0.511. The van der Waals surface area contributed by atoms with Crippen molar-refractivity contribution < 1.29 is 4.84 Å². The molecule has 1 aliphatic rings. The van der Waals surface area contributed by atoms with Crippen molar-refractivity contribution in [3.8, 4) is 0 Å². The summed E-state index contributed by atoms with van der Waals surface area (Å²) in [5, 5.41) is 1.97. The predicted octanol–water partition coefficient (Wildman–Crippen LogP) is 1.94. The number of hydrogen-bond acceptors (Lipinski definition) is 2. The van der Waals surface area contributed by atoms with E-state index in [1.54, 1.807) is 0 Å². The first-order chi connectivity index (χ1) is 4.50. The molecule has 1 heterocycles. The highest BCUT2D eigenvalue weighted by atomic mass is 16.7. The third-order valence-corrected chi connectivity index (χ3v) is 1.55. The average Bonchev–Trinajstić information content (AvgIpc) is 2.11. The third-order valence-electron chi connectivity index (χ3n) is 1.55. The minimum atomic E-state index is 0.119. The van der Waals surface area contributed by atoms with Crippen molar-refractivity contribution in [3.63, 3.8) is 0 Å². The topological polar surface area (TPSA) is 12.5 Å². The third kappa shape index (κ3) is 1.51. The van der Waals surface area contributed by atoms with E-state index in [4.69, 9.17) is 4.84 Å². The number of rotatable bonds is 0. The molecule has 0 saturated heterocycles. The largest absolute Gasteiger partial charge is 0.410 e. The second-order valence-corrected chi connectivity index (χ2v) is 3.64. The van der Waals surface area contributed by atoms with E-state index in [1.807, 2.05) is 12.0 Å². The van der Waals surface area contributed by atoms with Crippen LogP contribution in [0.5, 0.6) is 0 Å². The Kier molecular flexibility index (Phi) is 1.73. The molecule has 2 nitrogen and oxygen atoms in total. The molecule has 0 aromatic carbocycles. The lowest BCUT2D eigenvalue weighted by atomic mass is 10.1. The van der Waals surface area contributed by atoms with Crippen molar-refractivity contribution in [1.29, 1.82) is 0 Å². The van der Waals surface area contributed by atoms with Crippen molar-refractivity contribution >= 4 is 0 Å². The van der Waals surface area contributed by atoms with Gasteiger partial charge in [-0.2, -0.15) is 0 Å². The molecule has 0 amide bonds. The first-order valence-corrected chi connectivity index (χ1v) is 3.62. The smallest absolute Gasteiger partial charge is 0.118 e. The average molecular weight is 141 g/mol. The molecular weight excluding hydrogens is 126 g/mol. The van der Waals surface area contributed by atoms with Crippen molar-refractivity contribution in [1.82, 2.24) is 5.06 Å². The summed E-state index contributed by atoms with van der Waals surface area (Å²) < 4.78 is 0. The van der Waals surface area contributed by atoms with Crippen LogP contribution >= 0.6 is 0 Å². The second kappa shape index (κ2) is 2.27. The Hall–Kier alpha value is -0.500. The van der Waals surface area contributed by atoms with Crippen LogP contribution in [0.15, 0.2) is 11.8 Å². The van der Waals surface area contributed by atoms with Gasteiger partial charge in [0.2, 0.25) is 0 Å². The van der Waals surface area contributed by atoms with Crippen LogP contribution in [0, 0.1) is 0 Å². The maximum atomic E-state index is 5.42. The Labute approximate surface area is 62.4 Å². The first kappa shape index (κ1) is 7.61. The van der Waals surface area contributed by atoms with E-state index in [2.05, 4.69) is 26.8 Å². The number of hydrogen-bond donors (Lipinski definition) is 0. The first-order valence-electron chi connectivity index (χ1n) is 3.62. The van der Waals surface area contributed by atoms with Crippen LogP contribution in [0.3, 0.4) is 0 Å². The van der Waals surface area contributed by atoms with Gasteiger partial charge < -0.3 is 4.84 Å². The van der Waals surface area contributed by atoms with Crippen LogP contribution < -0.4 is 0 Å². The van der Waals surface area contributed by atoms with Gasteiger partial charge in [0.25, 0.3) is 0 Å². The van der Waals surface area contributed by atoms with E-state index in [0.29, 0.717) is 0 Å². The standard InChI is InChI=1S/C8H15NO/c1-7-5-6-9(10-7)8(2,3)4/h5H,6H2,1-4H3. The summed E-state index contributed by atoms with van der Waals surface area (Å²) in [6, 6.07) is 0. The number of allylic oxidation sites excluding steroid dienone is 1. The van der Waals surface area contributed by atoms with Gasteiger partial charge in [-0.15, -0.1) is 5.06 Å². The molecule has 0 N–H and O–H groups in total. The molecule has 0 unspecified atom stereocenters. The molecule has 0 fully saturated rings. The molecule has 2 heteroatoms. The van der Waals surface area contributed by atoms with E-state index in [0.717, 1.165) is 12.3 Å². The summed E-state index contributed by atoms with van der Waals surface area (Å²) in [5.74, 6) is 1.01. The van der Waals surface area contributed by atoms with E-state index in [-0.39, 0.29) is 5.54 Å². The minimum absolute atomic E-state index is 0.119. The summed E-state index contributed by atoms with van der Waals surface area (Å²) in [6.07, 6.45) is 2.09. The maximum absolute atomic E-state index is 5.42. The van der Waals surface area contributed by atoms with Crippen LogP contribution in [0.2, 0.25) is 0 Å². The minimum Gasteiger partial charge on any atom is -0.410 e. The van der Waals surface area contributed by atoms with E-state index in [9.17, 15) is 0 Å². The normalized spacial score (nSPS) is 20.6. The summed E-state index contributed by atoms with van der Waals surface area (Å²) in [6.45, 7) is 9.30. The molecule has 1 rings (SSSR count). The summed E-state index contributed by atoms with van der Waals surface area (Å²) in [5.41, 5.74) is 0.119. The van der Waals surface area contributed by atoms with Gasteiger partial charge in [-0.05, 0) is 33.8 Å². The molecule has 0 spiro atoms. The van der Waals surface area contributed by atoms with E-state index >= 15 is 0 Å². The number of hydroxylamine groups is 2. The second-order valence-electron chi connectivity index (χ2n) is 3.64. The fourth-order valence-corrected chi connectivity index (χ4v) is 0.871. The van der Waals surface area contributed by atoms with Gasteiger partial charge in [-0.3, -0.25) is 0 Å². The van der Waals surface area contributed by atoms with Gasteiger partial charge >= 0.3 is 0 Å². The van der Waals surface area contributed by atoms with Crippen LogP contribution in [-0.2, 0) is 4.84 Å². The van der Waals surface area contributed by atoms with Crippen LogP contribution in [0.25, 0.3) is 0 Å². The molecule has 0 aromatic heterocycles. The zero-order valence-corrected chi connectivity index (χ0v) is 7.14. The highest BCUT2D eigenvalue weighted by molar-refractivity contribution is 4.96. The van der Waals surface area contributed by atoms with Gasteiger partial charge in [0.05, 0.1) is 6.54 Å². The lowest BCUT2D eigenvalue weighted by Gasteiger charge is -2.29. The fourth-order valence-electron chi connectivity index (χ4n) is 0.871. The zero-order chi connectivity index (χ0) is 7.78. The van der Waals surface area contributed by atoms with Crippen molar-refractivity contribution in [2.24, 2.45) is 0 Å².